The Kier molecular flexibility index (Phi) is 6.86. The first kappa shape index (κ1) is 21.7. The molecule has 0 spiro atoms. The molecular weight excluding hydrogens is 410 g/mol. The Morgan fingerprint density at radius 2 is 2.03 bits per heavy atom. The summed E-state index contributed by atoms with van der Waals surface area (Å²) in [6.45, 7) is 7.87. The Morgan fingerprint density at radius 3 is 2.69 bits per heavy atom. The van der Waals surface area contributed by atoms with Crippen molar-refractivity contribution in [3.8, 4) is 0 Å². The fourth-order valence-electron chi connectivity index (χ4n) is 3.33. The Hall–Kier alpha value is -2.04. The van der Waals surface area contributed by atoms with Crippen molar-refractivity contribution in [2.24, 2.45) is 5.92 Å². The van der Waals surface area contributed by atoms with E-state index in [2.05, 4.69) is 32.1 Å². The zero-order valence-corrected chi connectivity index (χ0v) is 18.5. The number of nitrogens with zero attached hydrogens (tertiary/aromatic N) is 3. The third-order valence-electron chi connectivity index (χ3n) is 4.95. The molecule has 158 valence electrons. The number of carbonyl (C=O) groups excluding carboxylic acids is 1. The second-order valence-corrected chi connectivity index (χ2v) is 10.3. The summed E-state index contributed by atoms with van der Waals surface area (Å²) in [6.07, 6.45) is 2.74. The lowest BCUT2D eigenvalue weighted by molar-refractivity contribution is -0.115. The molecule has 3 rings (SSSR count). The lowest BCUT2D eigenvalue weighted by Crippen LogP contribution is -2.34. The lowest BCUT2D eigenvalue weighted by Gasteiger charge is -2.33. The Morgan fingerprint density at radius 1 is 1.31 bits per heavy atom. The average molecular weight is 438 g/mol. The van der Waals surface area contributed by atoms with Gasteiger partial charge in [-0.15, -0.1) is 10.2 Å². The van der Waals surface area contributed by atoms with Gasteiger partial charge in [0.1, 0.15) is 0 Å². The Labute approximate surface area is 175 Å². The van der Waals surface area contributed by atoms with Gasteiger partial charge in [0, 0.05) is 31.2 Å². The first-order valence-corrected chi connectivity index (χ1v) is 12.1. The van der Waals surface area contributed by atoms with Gasteiger partial charge in [-0.2, -0.15) is 0 Å². The molecule has 0 aliphatic carbocycles. The number of benzene rings is 1. The van der Waals surface area contributed by atoms with Crippen molar-refractivity contribution in [2.45, 2.75) is 50.4 Å². The van der Waals surface area contributed by atoms with Crippen LogP contribution in [-0.2, 0) is 14.8 Å². The number of sulfonamides is 1. The van der Waals surface area contributed by atoms with Gasteiger partial charge in [-0.25, -0.2) is 13.1 Å². The van der Waals surface area contributed by atoms with Gasteiger partial charge < -0.3 is 10.2 Å². The van der Waals surface area contributed by atoms with E-state index in [0.29, 0.717) is 5.92 Å². The van der Waals surface area contributed by atoms with Crippen LogP contribution in [0.1, 0.15) is 51.6 Å². The molecule has 10 heteroatoms. The van der Waals surface area contributed by atoms with E-state index in [0.717, 1.165) is 35.7 Å². The minimum atomic E-state index is -3.83. The number of rotatable bonds is 7. The zero-order valence-electron chi connectivity index (χ0n) is 16.9. The smallest absolute Gasteiger partial charge is 0.270 e. The maximum atomic E-state index is 12.6. The number of nitrogens with one attached hydrogen (secondary N) is 2. The SMILES string of the molecule is CCC(=O)Nc1nnc(S(=O)(=O)N[C@@H](C)c2ccc(N3CCC[C@@H](C)C3)cc2)s1. The fraction of sp³-hybridized carbons (Fsp3) is 0.526. The second-order valence-electron chi connectivity index (χ2n) is 7.40. The van der Waals surface area contributed by atoms with Crippen molar-refractivity contribution in [1.29, 1.82) is 0 Å². The van der Waals surface area contributed by atoms with E-state index in [1.165, 1.54) is 12.8 Å². The lowest BCUT2D eigenvalue weighted by atomic mass is 9.99. The number of hydrogen-bond acceptors (Lipinski definition) is 7. The summed E-state index contributed by atoms with van der Waals surface area (Å²) in [7, 11) is -3.83. The molecule has 0 bridgehead atoms. The fourth-order valence-corrected chi connectivity index (χ4v) is 5.49. The highest BCUT2D eigenvalue weighted by molar-refractivity contribution is 7.91. The van der Waals surface area contributed by atoms with Gasteiger partial charge >= 0.3 is 0 Å². The molecule has 0 unspecified atom stereocenters. The third-order valence-corrected chi connectivity index (χ3v) is 7.70. The van der Waals surface area contributed by atoms with Crippen LogP contribution in [0.5, 0.6) is 0 Å². The van der Waals surface area contributed by atoms with Crippen molar-refractivity contribution in [3.05, 3.63) is 29.8 Å². The van der Waals surface area contributed by atoms with Crippen LogP contribution >= 0.6 is 11.3 Å². The van der Waals surface area contributed by atoms with Crippen LogP contribution < -0.4 is 14.9 Å². The zero-order chi connectivity index (χ0) is 21.0. The molecule has 2 N–H and O–H groups in total. The molecule has 29 heavy (non-hydrogen) atoms. The van der Waals surface area contributed by atoms with Crippen LogP contribution in [0, 0.1) is 5.92 Å². The van der Waals surface area contributed by atoms with Gasteiger partial charge in [-0.3, -0.25) is 4.79 Å². The van der Waals surface area contributed by atoms with Gasteiger partial charge in [-0.05, 0) is 43.4 Å². The summed E-state index contributed by atoms with van der Waals surface area (Å²) in [5.41, 5.74) is 2.03. The number of carbonyl (C=O) groups is 1. The van der Waals surface area contributed by atoms with Gasteiger partial charge in [-0.1, -0.05) is 37.3 Å². The molecule has 1 aliphatic heterocycles. The Balaban J connectivity index is 1.65. The summed E-state index contributed by atoms with van der Waals surface area (Å²) in [6, 6.07) is 7.57. The predicted molar refractivity (Wildman–Crippen MR) is 115 cm³/mol. The summed E-state index contributed by atoms with van der Waals surface area (Å²) in [5, 5.41) is 10.1. The highest BCUT2D eigenvalue weighted by Gasteiger charge is 2.24. The van der Waals surface area contributed by atoms with Gasteiger partial charge in [0.05, 0.1) is 0 Å². The van der Waals surface area contributed by atoms with Gasteiger partial charge in [0.25, 0.3) is 10.0 Å². The van der Waals surface area contributed by atoms with Crippen LogP contribution in [0.4, 0.5) is 10.8 Å². The summed E-state index contributed by atoms with van der Waals surface area (Å²) >= 11 is 0.831. The molecule has 1 aromatic heterocycles. The standard InChI is InChI=1S/C19H27N5O3S2/c1-4-17(25)20-18-21-22-19(28-18)29(26,27)23-14(3)15-7-9-16(10-8-15)24-11-5-6-13(2)12-24/h7-10,13-14,23H,4-6,11-12H2,1-3H3,(H,20,21,25)/t13-,14+/m1/s1. The average Bonchev–Trinajstić information content (AvgIpc) is 3.17. The molecule has 1 fully saturated rings. The van der Waals surface area contributed by atoms with Crippen molar-refractivity contribution in [2.75, 3.05) is 23.3 Å². The van der Waals surface area contributed by atoms with E-state index < -0.39 is 16.1 Å². The number of hydrogen-bond donors (Lipinski definition) is 2. The van der Waals surface area contributed by atoms with Crippen LogP contribution in [0.15, 0.2) is 28.6 Å². The highest BCUT2D eigenvalue weighted by atomic mass is 32.2. The Bertz CT molecular complexity index is 943. The quantitative estimate of drug-likeness (QED) is 0.645. The van der Waals surface area contributed by atoms with Crippen LogP contribution in [0.25, 0.3) is 0 Å². The summed E-state index contributed by atoms with van der Waals surface area (Å²) in [4.78, 5) is 13.8. The topological polar surface area (TPSA) is 104 Å². The first-order valence-electron chi connectivity index (χ1n) is 9.79. The van der Waals surface area contributed by atoms with Crippen molar-refractivity contribution in [1.82, 2.24) is 14.9 Å². The minimum Gasteiger partial charge on any atom is -0.371 e. The van der Waals surface area contributed by atoms with Crippen molar-refractivity contribution < 1.29 is 13.2 Å². The third kappa shape index (κ3) is 5.52. The van der Waals surface area contributed by atoms with E-state index in [9.17, 15) is 13.2 Å². The van der Waals surface area contributed by atoms with Crippen molar-refractivity contribution in [3.63, 3.8) is 0 Å². The van der Waals surface area contributed by atoms with Crippen LogP contribution in [0.2, 0.25) is 0 Å². The highest BCUT2D eigenvalue weighted by Crippen LogP contribution is 2.26. The normalized spacial score (nSPS) is 18.4. The number of amides is 1. The number of aromatic nitrogens is 2. The number of piperidine rings is 1. The molecule has 2 aromatic rings. The van der Waals surface area contributed by atoms with Crippen LogP contribution in [-0.4, -0.2) is 37.6 Å². The van der Waals surface area contributed by atoms with Crippen LogP contribution in [0.3, 0.4) is 0 Å². The molecule has 0 radical (unpaired) electrons. The van der Waals surface area contributed by atoms with E-state index in [4.69, 9.17) is 0 Å². The van der Waals surface area contributed by atoms with E-state index in [1.807, 2.05) is 24.3 Å². The van der Waals surface area contributed by atoms with Crippen molar-refractivity contribution >= 4 is 38.1 Å². The first-order chi connectivity index (χ1) is 13.8. The minimum absolute atomic E-state index is 0.171. The molecule has 2 atom stereocenters. The van der Waals surface area contributed by atoms with Gasteiger partial charge in [0.15, 0.2) is 0 Å². The maximum absolute atomic E-state index is 12.6. The largest absolute Gasteiger partial charge is 0.371 e. The van der Waals surface area contributed by atoms with E-state index >= 15 is 0 Å². The monoisotopic (exact) mass is 437 g/mol. The molecular formula is C19H27N5O3S2. The van der Waals surface area contributed by atoms with Gasteiger partial charge in [0.2, 0.25) is 15.4 Å². The predicted octanol–water partition coefficient (Wildman–Crippen LogP) is 3.16. The number of anilines is 2. The molecule has 1 aliphatic rings. The molecule has 1 saturated heterocycles. The van der Waals surface area contributed by atoms with E-state index in [-0.39, 0.29) is 21.8 Å². The maximum Gasteiger partial charge on any atom is 0.270 e. The second kappa shape index (κ2) is 9.19. The molecule has 0 saturated carbocycles. The summed E-state index contributed by atoms with van der Waals surface area (Å²) < 4.78 is 27.7. The summed E-state index contributed by atoms with van der Waals surface area (Å²) in [5.74, 6) is 0.447. The van der Waals surface area contributed by atoms with E-state index in [1.54, 1.807) is 13.8 Å². The molecule has 2 heterocycles. The molecule has 1 amide bonds. The molecule has 1 aromatic carbocycles. The molecule has 8 nitrogen and oxygen atoms in total.